The van der Waals surface area contributed by atoms with Crippen LogP contribution in [-0.2, 0) is 6.42 Å². The number of nitrogens with zero attached hydrogens (tertiary/aromatic N) is 2. The highest BCUT2D eigenvalue weighted by atomic mass is 16.3. The number of fused-ring (bicyclic) bond motifs is 1. The van der Waals surface area contributed by atoms with Gasteiger partial charge in [0.2, 0.25) is 0 Å². The summed E-state index contributed by atoms with van der Waals surface area (Å²) < 4.78 is 0. The maximum absolute atomic E-state index is 13.0. The third-order valence-corrected chi connectivity index (χ3v) is 5.12. The number of hydrogen-bond acceptors (Lipinski definition) is 4. The molecule has 1 fully saturated rings. The van der Waals surface area contributed by atoms with E-state index in [1.165, 1.54) is 0 Å². The van der Waals surface area contributed by atoms with Crippen LogP contribution in [0.2, 0.25) is 0 Å². The number of aromatic nitrogens is 2. The van der Waals surface area contributed by atoms with E-state index in [4.69, 9.17) is 0 Å². The van der Waals surface area contributed by atoms with E-state index >= 15 is 0 Å². The van der Waals surface area contributed by atoms with Crippen molar-refractivity contribution in [2.75, 3.05) is 0 Å². The Morgan fingerprint density at radius 1 is 1.12 bits per heavy atom. The maximum Gasteiger partial charge on any atom is 0.253 e. The highest BCUT2D eigenvalue weighted by molar-refractivity contribution is 6.05. The quantitative estimate of drug-likeness (QED) is 0.744. The molecule has 1 saturated carbocycles. The standard InChI is InChI=1S/C21H21N3O2/c25-17-12-16(13-17)19(11-14-6-9-22-10-7-14)24-21(26)18-5-1-3-15-4-2-8-23-20(15)18/h1-10,16-17,19,25H,11-13H2,(H,24,26)/t16?,17?,19-/m1/s1. The SMILES string of the molecule is O=C(N[C@H](Cc1ccncc1)C1CC(O)C1)c1cccc2cccnc12. The van der Waals surface area contributed by atoms with Crippen LogP contribution in [-0.4, -0.2) is 33.1 Å². The maximum atomic E-state index is 13.0. The molecule has 1 aliphatic carbocycles. The molecule has 26 heavy (non-hydrogen) atoms. The van der Waals surface area contributed by atoms with Crippen LogP contribution >= 0.6 is 0 Å². The van der Waals surface area contributed by atoms with E-state index in [-0.39, 0.29) is 24.0 Å². The summed E-state index contributed by atoms with van der Waals surface area (Å²) in [5, 5.41) is 13.8. The number of nitrogens with one attached hydrogen (secondary N) is 1. The van der Waals surface area contributed by atoms with Crippen LogP contribution < -0.4 is 5.32 Å². The molecule has 0 bridgehead atoms. The van der Waals surface area contributed by atoms with Crippen LogP contribution in [0.1, 0.15) is 28.8 Å². The van der Waals surface area contributed by atoms with Gasteiger partial charge in [-0.1, -0.05) is 18.2 Å². The molecule has 3 aromatic rings. The first-order valence-electron chi connectivity index (χ1n) is 8.92. The van der Waals surface area contributed by atoms with E-state index in [1.54, 1.807) is 18.6 Å². The van der Waals surface area contributed by atoms with E-state index in [0.29, 0.717) is 11.1 Å². The normalized spacial score (nSPS) is 20.3. The Balaban J connectivity index is 1.57. The molecule has 1 atom stereocenters. The summed E-state index contributed by atoms with van der Waals surface area (Å²) in [4.78, 5) is 21.4. The molecule has 5 nitrogen and oxygen atoms in total. The van der Waals surface area contributed by atoms with Crippen molar-refractivity contribution in [1.82, 2.24) is 15.3 Å². The van der Waals surface area contributed by atoms with Gasteiger partial charge >= 0.3 is 0 Å². The number of para-hydroxylation sites is 1. The topological polar surface area (TPSA) is 75.1 Å². The first-order chi connectivity index (χ1) is 12.7. The molecule has 2 heterocycles. The molecule has 1 aliphatic rings. The van der Waals surface area contributed by atoms with Gasteiger partial charge in [0.1, 0.15) is 0 Å². The summed E-state index contributed by atoms with van der Waals surface area (Å²) in [5.74, 6) is 0.166. The number of amides is 1. The molecule has 5 heteroatoms. The van der Waals surface area contributed by atoms with Crippen molar-refractivity contribution >= 4 is 16.8 Å². The lowest BCUT2D eigenvalue weighted by Crippen LogP contribution is -2.48. The first kappa shape index (κ1) is 16.7. The monoisotopic (exact) mass is 347 g/mol. The van der Waals surface area contributed by atoms with Crippen molar-refractivity contribution in [1.29, 1.82) is 0 Å². The Bertz CT molecular complexity index is 902. The fourth-order valence-corrected chi connectivity index (χ4v) is 3.60. The molecule has 4 rings (SSSR count). The van der Waals surface area contributed by atoms with Crippen LogP contribution in [0.25, 0.3) is 10.9 Å². The molecule has 132 valence electrons. The second-order valence-electron chi connectivity index (χ2n) is 6.91. The molecule has 0 unspecified atom stereocenters. The highest BCUT2D eigenvalue weighted by Gasteiger charge is 2.35. The van der Waals surface area contributed by atoms with E-state index < -0.39 is 0 Å². The average molecular weight is 347 g/mol. The van der Waals surface area contributed by atoms with Gasteiger partial charge in [-0.15, -0.1) is 0 Å². The average Bonchev–Trinajstić information content (AvgIpc) is 2.65. The zero-order valence-electron chi connectivity index (χ0n) is 14.4. The summed E-state index contributed by atoms with van der Waals surface area (Å²) in [5.41, 5.74) is 2.43. The molecule has 1 amide bonds. The van der Waals surface area contributed by atoms with Crippen molar-refractivity contribution in [3.8, 4) is 0 Å². The second kappa shape index (κ2) is 7.22. The van der Waals surface area contributed by atoms with Crippen LogP contribution in [0.5, 0.6) is 0 Å². The smallest absolute Gasteiger partial charge is 0.253 e. The van der Waals surface area contributed by atoms with Gasteiger partial charge in [0.25, 0.3) is 5.91 Å². The number of hydrogen-bond donors (Lipinski definition) is 2. The third-order valence-electron chi connectivity index (χ3n) is 5.12. The van der Waals surface area contributed by atoms with E-state index in [2.05, 4.69) is 15.3 Å². The summed E-state index contributed by atoms with van der Waals surface area (Å²) in [6.07, 6.45) is 7.15. The van der Waals surface area contributed by atoms with Crippen LogP contribution in [0.3, 0.4) is 0 Å². The zero-order chi connectivity index (χ0) is 17.9. The van der Waals surface area contributed by atoms with Crippen molar-refractivity contribution < 1.29 is 9.90 Å². The lowest BCUT2D eigenvalue weighted by atomic mass is 9.75. The Labute approximate surface area is 152 Å². The molecular weight excluding hydrogens is 326 g/mol. The van der Waals surface area contributed by atoms with Crippen LogP contribution in [0, 0.1) is 5.92 Å². The lowest BCUT2D eigenvalue weighted by molar-refractivity contribution is 0.0239. The fraction of sp³-hybridized carbons (Fsp3) is 0.286. The minimum atomic E-state index is -0.254. The molecule has 2 N–H and O–H groups in total. The first-order valence-corrected chi connectivity index (χ1v) is 8.92. The lowest BCUT2D eigenvalue weighted by Gasteiger charge is -2.38. The van der Waals surface area contributed by atoms with E-state index in [9.17, 15) is 9.90 Å². The molecule has 0 spiro atoms. The van der Waals surface area contributed by atoms with Crippen molar-refractivity contribution in [2.45, 2.75) is 31.4 Å². The highest BCUT2D eigenvalue weighted by Crippen LogP contribution is 2.32. The van der Waals surface area contributed by atoms with E-state index in [0.717, 1.165) is 30.2 Å². The van der Waals surface area contributed by atoms with Gasteiger partial charge in [0.05, 0.1) is 17.2 Å². The zero-order valence-corrected chi connectivity index (χ0v) is 14.4. The molecule has 2 aromatic heterocycles. The Kier molecular flexibility index (Phi) is 4.63. The van der Waals surface area contributed by atoms with Crippen LogP contribution in [0.4, 0.5) is 0 Å². The second-order valence-corrected chi connectivity index (χ2v) is 6.91. The van der Waals surface area contributed by atoms with E-state index in [1.807, 2.05) is 42.5 Å². The molecule has 1 aromatic carbocycles. The molecular formula is C21H21N3O2. The minimum Gasteiger partial charge on any atom is -0.393 e. The molecule has 0 saturated heterocycles. The summed E-state index contributed by atoms with van der Waals surface area (Å²) in [7, 11) is 0. The summed E-state index contributed by atoms with van der Waals surface area (Å²) in [6.45, 7) is 0. The Morgan fingerprint density at radius 3 is 2.65 bits per heavy atom. The Hall–Kier alpha value is -2.79. The number of aliphatic hydroxyl groups is 1. The van der Waals surface area contributed by atoms with Gasteiger partial charge in [-0.3, -0.25) is 14.8 Å². The number of benzene rings is 1. The van der Waals surface area contributed by atoms with Gasteiger partial charge in [0, 0.05) is 30.0 Å². The summed E-state index contributed by atoms with van der Waals surface area (Å²) in [6, 6.07) is 13.4. The van der Waals surface area contributed by atoms with Crippen molar-refractivity contribution in [3.05, 3.63) is 72.2 Å². The predicted molar refractivity (Wildman–Crippen MR) is 99.7 cm³/mol. The van der Waals surface area contributed by atoms with Gasteiger partial charge in [-0.25, -0.2) is 0 Å². The number of carbonyl (C=O) groups is 1. The molecule has 0 aliphatic heterocycles. The van der Waals surface area contributed by atoms with Crippen LogP contribution in [0.15, 0.2) is 61.1 Å². The van der Waals surface area contributed by atoms with Crippen molar-refractivity contribution in [3.63, 3.8) is 0 Å². The Morgan fingerprint density at radius 2 is 1.88 bits per heavy atom. The van der Waals surface area contributed by atoms with Gasteiger partial charge in [-0.2, -0.15) is 0 Å². The van der Waals surface area contributed by atoms with Gasteiger partial charge < -0.3 is 10.4 Å². The largest absolute Gasteiger partial charge is 0.393 e. The van der Waals surface area contributed by atoms with Gasteiger partial charge in [0.15, 0.2) is 0 Å². The number of aliphatic hydroxyl groups excluding tert-OH is 1. The van der Waals surface area contributed by atoms with Gasteiger partial charge in [-0.05, 0) is 55.0 Å². The van der Waals surface area contributed by atoms with Crippen molar-refractivity contribution in [2.24, 2.45) is 5.92 Å². The third kappa shape index (κ3) is 3.44. The number of rotatable bonds is 5. The number of pyridine rings is 2. The minimum absolute atomic E-state index is 0.0210. The predicted octanol–water partition coefficient (Wildman–Crippen LogP) is 2.74. The number of carbonyl (C=O) groups excluding carboxylic acids is 1. The fourth-order valence-electron chi connectivity index (χ4n) is 3.60. The molecule has 0 radical (unpaired) electrons. The summed E-state index contributed by atoms with van der Waals surface area (Å²) >= 11 is 0.